The smallest absolute Gasteiger partial charge is 0.306 e. The van der Waals surface area contributed by atoms with Gasteiger partial charge in [-0.2, -0.15) is 0 Å². The van der Waals surface area contributed by atoms with Gasteiger partial charge in [-0.25, -0.2) is 0 Å². The van der Waals surface area contributed by atoms with Crippen LogP contribution in [-0.2, 0) is 28.6 Å². The highest BCUT2D eigenvalue weighted by molar-refractivity contribution is 5.71. The minimum absolute atomic E-state index is 0.0700. The zero-order valence-electron chi connectivity index (χ0n) is 41.4. The molecule has 0 radical (unpaired) electrons. The van der Waals surface area contributed by atoms with Crippen LogP contribution < -0.4 is 0 Å². The van der Waals surface area contributed by atoms with Crippen LogP contribution in [0.15, 0.2) is 36.5 Å². The lowest BCUT2D eigenvalue weighted by Crippen LogP contribution is -2.30. The second-order valence-electron chi connectivity index (χ2n) is 18.2. The quantitative estimate of drug-likeness (QED) is 0.0262. The Labute approximate surface area is 385 Å². The molecule has 0 bridgehead atoms. The minimum Gasteiger partial charge on any atom is -0.462 e. The van der Waals surface area contributed by atoms with Crippen molar-refractivity contribution in [3.8, 4) is 0 Å². The van der Waals surface area contributed by atoms with Crippen molar-refractivity contribution in [1.29, 1.82) is 0 Å². The molecule has 0 aromatic rings. The molecule has 0 aliphatic heterocycles. The number of carbonyl (C=O) groups excluding carboxylic acids is 3. The molecule has 1 atom stereocenters. The van der Waals surface area contributed by atoms with E-state index in [2.05, 4.69) is 57.2 Å². The van der Waals surface area contributed by atoms with Gasteiger partial charge in [0.05, 0.1) is 0 Å². The van der Waals surface area contributed by atoms with E-state index >= 15 is 0 Å². The van der Waals surface area contributed by atoms with E-state index in [4.69, 9.17) is 14.2 Å². The fraction of sp³-hybridized carbons (Fsp3) is 0.839. The van der Waals surface area contributed by atoms with Gasteiger partial charge in [0, 0.05) is 19.3 Å². The summed E-state index contributed by atoms with van der Waals surface area (Å²) in [6.07, 6.45) is 60.4. The Morgan fingerprint density at radius 1 is 0.323 bits per heavy atom. The Morgan fingerprint density at radius 2 is 0.581 bits per heavy atom. The molecule has 0 N–H and O–H groups in total. The number of carbonyl (C=O) groups is 3. The van der Waals surface area contributed by atoms with Gasteiger partial charge in [-0.15, -0.1) is 0 Å². The maximum atomic E-state index is 12.7. The zero-order chi connectivity index (χ0) is 45.1. The van der Waals surface area contributed by atoms with Crippen molar-refractivity contribution in [1.82, 2.24) is 0 Å². The topological polar surface area (TPSA) is 78.9 Å². The molecule has 362 valence electrons. The van der Waals surface area contributed by atoms with E-state index in [-0.39, 0.29) is 31.1 Å². The highest BCUT2D eigenvalue weighted by Gasteiger charge is 2.19. The summed E-state index contributed by atoms with van der Waals surface area (Å²) in [4.78, 5) is 37.6. The van der Waals surface area contributed by atoms with Gasteiger partial charge in [-0.1, -0.05) is 243 Å². The van der Waals surface area contributed by atoms with Crippen LogP contribution in [0.4, 0.5) is 0 Å². The summed E-state index contributed by atoms with van der Waals surface area (Å²) in [5.41, 5.74) is 0. The number of ether oxygens (including phenoxy) is 3. The summed E-state index contributed by atoms with van der Waals surface area (Å²) >= 11 is 0. The number of rotatable bonds is 49. The number of hydrogen-bond donors (Lipinski definition) is 0. The first-order valence-electron chi connectivity index (χ1n) is 27.0. The summed E-state index contributed by atoms with van der Waals surface area (Å²) < 4.78 is 16.7. The Balaban J connectivity index is 4.00. The number of unbranched alkanes of at least 4 members (excludes halogenated alkanes) is 32. The van der Waals surface area contributed by atoms with E-state index in [0.717, 1.165) is 77.0 Å². The molecule has 6 nitrogen and oxygen atoms in total. The van der Waals surface area contributed by atoms with E-state index in [9.17, 15) is 14.4 Å². The molecule has 6 heteroatoms. The highest BCUT2D eigenvalue weighted by Crippen LogP contribution is 2.16. The van der Waals surface area contributed by atoms with Crippen molar-refractivity contribution in [3.63, 3.8) is 0 Å². The van der Waals surface area contributed by atoms with Gasteiger partial charge >= 0.3 is 17.9 Å². The molecule has 0 aliphatic rings. The van der Waals surface area contributed by atoms with Crippen LogP contribution in [0.25, 0.3) is 0 Å². The summed E-state index contributed by atoms with van der Waals surface area (Å²) in [6, 6.07) is 0. The maximum Gasteiger partial charge on any atom is 0.306 e. The first-order chi connectivity index (χ1) is 30.5. The molecule has 0 aromatic heterocycles. The van der Waals surface area contributed by atoms with Crippen molar-refractivity contribution in [3.05, 3.63) is 36.5 Å². The van der Waals surface area contributed by atoms with Crippen LogP contribution in [0.5, 0.6) is 0 Å². The number of esters is 3. The van der Waals surface area contributed by atoms with Crippen molar-refractivity contribution in [2.45, 2.75) is 290 Å². The second-order valence-corrected chi connectivity index (χ2v) is 18.2. The average Bonchev–Trinajstić information content (AvgIpc) is 3.27. The summed E-state index contributed by atoms with van der Waals surface area (Å²) in [7, 11) is 0. The van der Waals surface area contributed by atoms with Crippen molar-refractivity contribution in [2.75, 3.05) is 13.2 Å². The largest absolute Gasteiger partial charge is 0.462 e. The molecule has 0 saturated carbocycles. The molecule has 0 amide bonds. The van der Waals surface area contributed by atoms with E-state index < -0.39 is 6.10 Å². The molecular formula is C56H102O6. The predicted molar refractivity (Wildman–Crippen MR) is 266 cm³/mol. The third-order valence-corrected chi connectivity index (χ3v) is 11.9. The van der Waals surface area contributed by atoms with Crippen molar-refractivity contribution < 1.29 is 28.6 Å². The third-order valence-electron chi connectivity index (χ3n) is 11.9. The number of hydrogen-bond acceptors (Lipinski definition) is 6. The van der Waals surface area contributed by atoms with Gasteiger partial charge in [0.15, 0.2) is 6.10 Å². The Hall–Kier alpha value is -2.37. The Bertz CT molecular complexity index is 1050. The standard InChI is InChI=1S/C56H102O6/c1-4-7-10-13-15-17-19-21-22-23-24-25-26-27-28-29-30-31-32-33-34-35-37-38-40-43-46-49-55(58)61-52-53(51-60-54(57)48-45-42-12-9-6-3)62-56(59)50-47-44-41-39-36-20-18-16-14-11-8-5-2/h19,21,23-24,26-27,53H,4-18,20,22,25,28-52H2,1-3H3/b21-19-,24-23-,27-26-. The molecule has 0 aromatic carbocycles. The predicted octanol–water partition coefficient (Wildman–Crippen LogP) is 17.7. The number of allylic oxidation sites excluding steroid dienone is 6. The van der Waals surface area contributed by atoms with Crippen LogP contribution in [-0.4, -0.2) is 37.2 Å². The lowest BCUT2D eigenvalue weighted by Gasteiger charge is -2.18. The molecule has 0 saturated heterocycles. The lowest BCUT2D eigenvalue weighted by atomic mass is 10.0. The molecule has 0 heterocycles. The summed E-state index contributed by atoms with van der Waals surface area (Å²) in [6.45, 7) is 6.56. The van der Waals surface area contributed by atoms with Crippen LogP contribution in [0.3, 0.4) is 0 Å². The maximum absolute atomic E-state index is 12.7. The molecule has 0 fully saturated rings. The monoisotopic (exact) mass is 871 g/mol. The van der Waals surface area contributed by atoms with Crippen molar-refractivity contribution >= 4 is 17.9 Å². The van der Waals surface area contributed by atoms with Gasteiger partial charge in [0.2, 0.25) is 0 Å². The van der Waals surface area contributed by atoms with Crippen molar-refractivity contribution in [2.24, 2.45) is 0 Å². The van der Waals surface area contributed by atoms with Gasteiger partial charge in [-0.3, -0.25) is 14.4 Å². The molecule has 0 spiro atoms. The minimum atomic E-state index is -0.764. The Kier molecular flexibility index (Phi) is 49.3. The first-order valence-corrected chi connectivity index (χ1v) is 27.0. The van der Waals surface area contributed by atoms with Crippen LogP contribution in [0, 0.1) is 0 Å². The first kappa shape index (κ1) is 59.6. The van der Waals surface area contributed by atoms with E-state index in [1.807, 2.05) is 0 Å². The zero-order valence-corrected chi connectivity index (χ0v) is 41.4. The fourth-order valence-electron chi connectivity index (χ4n) is 7.80. The van der Waals surface area contributed by atoms with E-state index in [1.54, 1.807) is 0 Å². The molecule has 1 unspecified atom stereocenters. The van der Waals surface area contributed by atoms with Gasteiger partial charge in [-0.05, 0) is 57.8 Å². The van der Waals surface area contributed by atoms with Gasteiger partial charge in [0.1, 0.15) is 13.2 Å². The van der Waals surface area contributed by atoms with Crippen LogP contribution in [0.1, 0.15) is 284 Å². The van der Waals surface area contributed by atoms with Crippen LogP contribution in [0.2, 0.25) is 0 Å². The SMILES string of the molecule is CCCCCCC/C=C\C/C=C\C/C=C\CCCCCCCCCCCCCCC(=O)OCC(COC(=O)CCCCCCC)OC(=O)CCCCCCCCCCCCCC. The lowest BCUT2D eigenvalue weighted by molar-refractivity contribution is -0.167. The molecule has 62 heavy (non-hydrogen) atoms. The van der Waals surface area contributed by atoms with Gasteiger partial charge < -0.3 is 14.2 Å². The molecule has 0 rings (SSSR count). The van der Waals surface area contributed by atoms with E-state index in [0.29, 0.717) is 19.3 Å². The second kappa shape index (κ2) is 51.3. The highest BCUT2D eigenvalue weighted by atomic mass is 16.6. The Morgan fingerprint density at radius 3 is 0.903 bits per heavy atom. The normalized spacial score (nSPS) is 12.2. The molecular weight excluding hydrogens is 769 g/mol. The molecule has 0 aliphatic carbocycles. The fourth-order valence-corrected chi connectivity index (χ4v) is 7.80. The van der Waals surface area contributed by atoms with Crippen LogP contribution >= 0.6 is 0 Å². The summed E-state index contributed by atoms with van der Waals surface area (Å²) in [5, 5.41) is 0. The van der Waals surface area contributed by atoms with E-state index in [1.165, 1.54) is 167 Å². The van der Waals surface area contributed by atoms with Gasteiger partial charge in [0.25, 0.3) is 0 Å². The average molecular weight is 871 g/mol. The summed E-state index contributed by atoms with van der Waals surface area (Å²) in [5.74, 6) is -0.876. The third kappa shape index (κ3) is 48.7.